The lowest BCUT2D eigenvalue weighted by Gasteiger charge is -2.15. The molecule has 0 aliphatic carbocycles. The molecule has 0 fully saturated rings. The number of carbonyl (C=O) groups excluding carboxylic acids is 2. The minimum Gasteiger partial charge on any atom is -0.497 e. The molecule has 2 heterocycles. The molecule has 3 aromatic rings. The van der Waals surface area contributed by atoms with Gasteiger partial charge in [0.05, 0.1) is 30.5 Å². The summed E-state index contributed by atoms with van der Waals surface area (Å²) in [5.74, 6) is 0.411. The molecule has 34 heavy (non-hydrogen) atoms. The van der Waals surface area contributed by atoms with Crippen molar-refractivity contribution < 1.29 is 27.5 Å². The zero-order valence-electron chi connectivity index (χ0n) is 19.1. The van der Waals surface area contributed by atoms with E-state index >= 15 is 0 Å². The van der Waals surface area contributed by atoms with Crippen molar-refractivity contribution in [2.75, 3.05) is 24.3 Å². The van der Waals surface area contributed by atoms with Crippen LogP contribution in [0.2, 0.25) is 0 Å². The topological polar surface area (TPSA) is 129 Å². The summed E-state index contributed by atoms with van der Waals surface area (Å²) in [4.78, 5) is 24.6. The van der Waals surface area contributed by atoms with Crippen LogP contribution in [0.4, 0.5) is 11.5 Å². The predicted octanol–water partition coefficient (Wildman–Crippen LogP) is 3.36. The Bertz CT molecular complexity index is 1410. The van der Waals surface area contributed by atoms with Crippen molar-refractivity contribution in [2.45, 2.75) is 31.6 Å². The minimum atomic E-state index is -4.05. The third-order valence-corrected chi connectivity index (χ3v) is 7.05. The number of methoxy groups -OCH3 is 2. The molecule has 0 unspecified atom stereocenters. The summed E-state index contributed by atoms with van der Waals surface area (Å²) < 4.78 is 41.0. The third kappa shape index (κ3) is 4.21. The molecule has 178 valence electrons. The van der Waals surface area contributed by atoms with Crippen molar-refractivity contribution in [3.8, 4) is 22.6 Å². The molecule has 1 amide bonds. The van der Waals surface area contributed by atoms with Crippen LogP contribution in [0.25, 0.3) is 11.1 Å². The largest absolute Gasteiger partial charge is 0.497 e. The number of anilines is 2. The molecule has 0 spiro atoms. The Balaban J connectivity index is 1.80. The molecule has 2 N–H and O–H groups in total. The first kappa shape index (κ1) is 23.3. The first-order chi connectivity index (χ1) is 16.1. The summed E-state index contributed by atoms with van der Waals surface area (Å²) in [5.41, 5.74) is 2.20. The first-order valence-electron chi connectivity index (χ1n) is 10.4. The molecule has 1 aromatic heterocycles. The fourth-order valence-corrected chi connectivity index (χ4v) is 5.16. The smallest absolute Gasteiger partial charge is 0.262 e. The lowest BCUT2D eigenvalue weighted by Crippen LogP contribution is -2.15. The van der Waals surface area contributed by atoms with Gasteiger partial charge in [-0.1, -0.05) is 12.1 Å². The number of sulfonamides is 1. The molecule has 2 aromatic carbocycles. The Morgan fingerprint density at radius 1 is 1.03 bits per heavy atom. The van der Waals surface area contributed by atoms with Gasteiger partial charge in [0.25, 0.3) is 10.0 Å². The summed E-state index contributed by atoms with van der Waals surface area (Å²) in [6.45, 7) is 3.38. The average molecular weight is 485 g/mol. The zero-order chi connectivity index (χ0) is 24.6. The van der Waals surface area contributed by atoms with Gasteiger partial charge in [0.2, 0.25) is 11.8 Å². The average Bonchev–Trinajstić information content (AvgIpc) is 3.05. The molecule has 0 atom stereocenters. The number of rotatable bonds is 6. The Morgan fingerprint density at radius 3 is 2.50 bits per heavy atom. The number of hydrogen-bond donors (Lipinski definition) is 2. The summed E-state index contributed by atoms with van der Waals surface area (Å²) >= 11 is 0. The molecular formula is C23H24N4O6S. The number of nitrogens with zero attached hydrogens (tertiary/aromatic N) is 2. The van der Waals surface area contributed by atoms with Crippen molar-refractivity contribution in [1.29, 1.82) is 0 Å². The van der Waals surface area contributed by atoms with Gasteiger partial charge in [0, 0.05) is 24.5 Å². The highest BCUT2D eigenvalue weighted by atomic mass is 32.2. The highest BCUT2D eigenvalue weighted by Crippen LogP contribution is 2.36. The summed E-state index contributed by atoms with van der Waals surface area (Å²) in [6, 6.07) is 9.68. The standard InChI is InChI=1S/C23H24N4O6S/c1-13-5-6-15(22-14(2)25-27-21(29)10-9-20(28)24-23(22)27)11-19(13)34(30,31)26-17-12-16(32-3)7-8-18(17)33-4/h5-8,11-12,26H,9-10H2,1-4H3,(H,24,28). The van der Waals surface area contributed by atoms with Gasteiger partial charge >= 0.3 is 0 Å². The number of fused-ring (bicyclic) bond motifs is 1. The van der Waals surface area contributed by atoms with Gasteiger partial charge < -0.3 is 14.8 Å². The van der Waals surface area contributed by atoms with Crippen molar-refractivity contribution in [3.63, 3.8) is 0 Å². The molecule has 11 heteroatoms. The second kappa shape index (κ2) is 8.82. The van der Waals surface area contributed by atoms with Crippen molar-refractivity contribution in [1.82, 2.24) is 9.78 Å². The lowest BCUT2D eigenvalue weighted by molar-refractivity contribution is -0.116. The van der Waals surface area contributed by atoms with Crippen LogP contribution in [0, 0.1) is 13.8 Å². The molecule has 1 aliphatic heterocycles. The van der Waals surface area contributed by atoms with Crippen LogP contribution in [0.5, 0.6) is 11.5 Å². The van der Waals surface area contributed by atoms with E-state index in [1.54, 1.807) is 38.1 Å². The van der Waals surface area contributed by atoms with Gasteiger partial charge in [0.1, 0.15) is 17.3 Å². The summed E-state index contributed by atoms with van der Waals surface area (Å²) in [5, 5.41) is 7.01. The van der Waals surface area contributed by atoms with Crippen LogP contribution in [-0.4, -0.2) is 44.2 Å². The maximum atomic E-state index is 13.4. The molecule has 1 aliphatic rings. The number of amides is 1. The highest BCUT2D eigenvalue weighted by Gasteiger charge is 2.27. The van der Waals surface area contributed by atoms with E-state index in [0.717, 1.165) is 0 Å². The zero-order valence-corrected chi connectivity index (χ0v) is 19.9. The molecule has 0 saturated carbocycles. The lowest BCUT2D eigenvalue weighted by atomic mass is 10.0. The summed E-state index contributed by atoms with van der Waals surface area (Å²) in [7, 11) is -1.12. The van der Waals surface area contributed by atoms with Crippen LogP contribution in [0.1, 0.15) is 28.9 Å². The minimum absolute atomic E-state index is 0.0282. The van der Waals surface area contributed by atoms with Crippen molar-refractivity contribution in [3.05, 3.63) is 47.7 Å². The predicted molar refractivity (Wildman–Crippen MR) is 126 cm³/mol. The van der Waals surface area contributed by atoms with E-state index in [9.17, 15) is 18.0 Å². The molecule has 10 nitrogen and oxygen atoms in total. The number of carbonyl (C=O) groups is 2. The maximum absolute atomic E-state index is 13.4. The van der Waals surface area contributed by atoms with E-state index in [1.165, 1.54) is 31.0 Å². The van der Waals surface area contributed by atoms with Gasteiger partial charge in [0.15, 0.2) is 0 Å². The first-order valence-corrected chi connectivity index (χ1v) is 11.9. The van der Waals surface area contributed by atoms with E-state index in [-0.39, 0.29) is 41.1 Å². The number of hydrogen-bond acceptors (Lipinski definition) is 7. The Morgan fingerprint density at radius 2 is 1.79 bits per heavy atom. The molecular weight excluding hydrogens is 460 g/mol. The highest BCUT2D eigenvalue weighted by molar-refractivity contribution is 7.92. The summed E-state index contributed by atoms with van der Waals surface area (Å²) in [6.07, 6.45) is 0.0969. The SMILES string of the molecule is COc1ccc(OC)c(NS(=O)(=O)c2cc(-c3c(C)nn4c3NC(=O)CCC4=O)ccc2C)c1. The van der Waals surface area contributed by atoms with E-state index in [1.807, 2.05) is 0 Å². The van der Waals surface area contributed by atoms with E-state index < -0.39 is 10.0 Å². The van der Waals surface area contributed by atoms with E-state index in [4.69, 9.17) is 9.47 Å². The fourth-order valence-electron chi connectivity index (χ4n) is 3.83. The van der Waals surface area contributed by atoms with Gasteiger partial charge in [-0.05, 0) is 43.2 Å². The van der Waals surface area contributed by atoms with Crippen molar-refractivity contribution in [2.24, 2.45) is 0 Å². The second-order valence-corrected chi connectivity index (χ2v) is 9.47. The van der Waals surface area contributed by atoms with Crippen LogP contribution in [0.3, 0.4) is 0 Å². The van der Waals surface area contributed by atoms with E-state index in [0.29, 0.717) is 33.9 Å². The number of ether oxygens (including phenoxy) is 2. The molecule has 0 saturated heterocycles. The number of nitrogens with one attached hydrogen (secondary N) is 2. The number of aromatic nitrogens is 2. The quantitative estimate of drug-likeness (QED) is 0.549. The van der Waals surface area contributed by atoms with Crippen molar-refractivity contribution >= 4 is 33.3 Å². The Hall–Kier alpha value is -3.86. The maximum Gasteiger partial charge on any atom is 0.262 e. The van der Waals surface area contributed by atoms with Gasteiger partial charge in [-0.25, -0.2) is 8.42 Å². The number of benzene rings is 2. The monoisotopic (exact) mass is 484 g/mol. The van der Waals surface area contributed by atoms with Gasteiger partial charge in [-0.15, -0.1) is 0 Å². The molecule has 0 bridgehead atoms. The molecule has 0 radical (unpaired) electrons. The van der Waals surface area contributed by atoms with E-state index in [2.05, 4.69) is 15.1 Å². The Labute approximate surface area is 196 Å². The molecule has 4 rings (SSSR count). The van der Waals surface area contributed by atoms with Crippen LogP contribution >= 0.6 is 0 Å². The van der Waals surface area contributed by atoms with Gasteiger partial charge in [-0.2, -0.15) is 9.78 Å². The number of aryl methyl sites for hydroxylation is 2. The second-order valence-electron chi connectivity index (χ2n) is 7.81. The normalized spacial score (nSPS) is 13.6. The Kier molecular flexibility index (Phi) is 6.05. The van der Waals surface area contributed by atoms with Crippen LogP contribution in [-0.2, 0) is 14.8 Å². The van der Waals surface area contributed by atoms with Crippen LogP contribution in [0.15, 0.2) is 41.3 Å². The van der Waals surface area contributed by atoms with Gasteiger partial charge in [-0.3, -0.25) is 14.3 Å². The third-order valence-electron chi connectivity index (χ3n) is 5.54. The fraction of sp³-hybridized carbons (Fsp3) is 0.261. The van der Waals surface area contributed by atoms with Crippen LogP contribution < -0.4 is 19.5 Å².